The molecule has 0 heterocycles. The van der Waals surface area contributed by atoms with Gasteiger partial charge in [-0.1, -0.05) is 13.3 Å². The summed E-state index contributed by atoms with van der Waals surface area (Å²) in [6.45, 7) is 1.40. The molecule has 0 aliphatic rings. The SMILES string of the molecule is CCCC(F)C(F)(F)[C@@H](F)C(F)F. The third-order valence-corrected chi connectivity index (χ3v) is 1.55. The fourth-order valence-corrected chi connectivity index (χ4v) is 0.787. The number of hydrogen-bond donors (Lipinski definition) is 0. The summed E-state index contributed by atoms with van der Waals surface area (Å²) in [5.41, 5.74) is 0. The van der Waals surface area contributed by atoms with Gasteiger partial charge in [-0.2, -0.15) is 8.78 Å². The van der Waals surface area contributed by atoms with Gasteiger partial charge in [0.05, 0.1) is 0 Å². The maximum absolute atomic E-state index is 12.5. The van der Waals surface area contributed by atoms with E-state index in [-0.39, 0.29) is 6.42 Å². The van der Waals surface area contributed by atoms with Crippen LogP contribution in [0.2, 0.25) is 0 Å². The van der Waals surface area contributed by atoms with Gasteiger partial charge in [0.15, 0.2) is 6.17 Å². The van der Waals surface area contributed by atoms with Crippen molar-refractivity contribution in [3.8, 4) is 0 Å². The second kappa shape index (κ2) is 4.72. The first kappa shape index (κ1) is 12.6. The van der Waals surface area contributed by atoms with Crippen LogP contribution in [-0.4, -0.2) is 24.7 Å². The Hall–Kier alpha value is -0.420. The minimum atomic E-state index is -4.59. The van der Waals surface area contributed by atoms with E-state index >= 15 is 0 Å². The highest BCUT2D eigenvalue weighted by molar-refractivity contribution is 4.86. The fraction of sp³-hybridized carbons (Fsp3) is 1.00. The van der Waals surface area contributed by atoms with E-state index in [0.29, 0.717) is 0 Å². The zero-order valence-corrected chi connectivity index (χ0v) is 6.91. The molecule has 0 rings (SSSR count). The van der Waals surface area contributed by atoms with Gasteiger partial charge in [-0.3, -0.25) is 0 Å². The Morgan fingerprint density at radius 1 is 1.08 bits per heavy atom. The van der Waals surface area contributed by atoms with Crippen molar-refractivity contribution in [2.24, 2.45) is 0 Å². The second-order valence-corrected chi connectivity index (χ2v) is 2.67. The van der Waals surface area contributed by atoms with Gasteiger partial charge in [0.1, 0.15) is 0 Å². The topological polar surface area (TPSA) is 0 Å². The van der Waals surface area contributed by atoms with E-state index in [2.05, 4.69) is 0 Å². The summed E-state index contributed by atoms with van der Waals surface area (Å²) in [6.07, 6.45) is -11.0. The summed E-state index contributed by atoms with van der Waals surface area (Å²) in [5.74, 6) is -4.59. The normalized spacial score (nSPS) is 17.5. The predicted molar refractivity (Wildman–Crippen MR) is 35.7 cm³/mol. The van der Waals surface area contributed by atoms with Crippen LogP contribution in [0.15, 0.2) is 0 Å². The first-order valence-electron chi connectivity index (χ1n) is 3.78. The Labute approximate surface area is 71.9 Å². The van der Waals surface area contributed by atoms with Gasteiger partial charge in [0.2, 0.25) is 6.17 Å². The molecule has 6 heteroatoms. The molecule has 0 radical (unpaired) electrons. The highest BCUT2D eigenvalue weighted by Gasteiger charge is 2.52. The number of halogens is 6. The Morgan fingerprint density at radius 3 is 1.85 bits per heavy atom. The smallest absolute Gasteiger partial charge is 0.241 e. The van der Waals surface area contributed by atoms with Crippen molar-refractivity contribution in [2.45, 2.75) is 44.5 Å². The molecule has 0 saturated heterocycles. The zero-order valence-electron chi connectivity index (χ0n) is 6.91. The molecule has 2 atom stereocenters. The molecule has 0 spiro atoms. The van der Waals surface area contributed by atoms with E-state index in [1.807, 2.05) is 0 Å². The van der Waals surface area contributed by atoms with Crippen molar-refractivity contribution in [1.82, 2.24) is 0 Å². The summed E-state index contributed by atoms with van der Waals surface area (Å²) in [4.78, 5) is 0. The summed E-state index contributed by atoms with van der Waals surface area (Å²) >= 11 is 0. The third kappa shape index (κ3) is 3.08. The third-order valence-electron chi connectivity index (χ3n) is 1.55. The van der Waals surface area contributed by atoms with Crippen LogP contribution >= 0.6 is 0 Å². The molecule has 80 valence electrons. The standard InChI is InChI=1S/C7H10F6/c1-2-3-4(8)7(12,13)5(9)6(10)11/h4-6H,2-3H2,1H3/t4?,5-/m0/s1. The second-order valence-electron chi connectivity index (χ2n) is 2.67. The molecule has 0 fully saturated rings. The fourth-order valence-electron chi connectivity index (χ4n) is 0.787. The average molecular weight is 208 g/mol. The van der Waals surface area contributed by atoms with Crippen LogP contribution in [0, 0.1) is 0 Å². The number of hydrogen-bond acceptors (Lipinski definition) is 0. The predicted octanol–water partition coefficient (Wildman–Crippen LogP) is 3.36. The minimum Gasteiger partial charge on any atom is -0.241 e. The van der Waals surface area contributed by atoms with Crippen molar-refractivity contribution >= 4 is 0 Å². The van der Waals surface area contributed by atoms with Crippen LogP contribution in [0.3, 0.4) is 0 Å². The van der Waals surface area contributed by atoms with Gasteiger partial charge >= 0.3 is 5.92 Å². The minimum absolute atomic E-state index is 0.0483. The molecule has 1 unspecified atom stereocenters. The zero-order chi connectivity index (χ0) is 10.6. The lowest BCUT2D eigenvalue weighted by molar-refractivity contribution is -0.167. The molecule has 13 heavy (non-hydrogen) atoms. The molecular formula is C7H10F6. The van der Waals surface area contributed by atoms with E-state index in [4.69, 9.17) is 0 Å². The highest BCUT2D eigenvalue weighted by atomic mass is 19.3. The maximum Gasteiger partial charge on any atom is 0.314 e. The Balaban J connectivity index is 4.35. The van der Waals surface area contributed by atoms with Crippen molar-refractivity contribution in [3.05, 3.63) is 0 Å². The molecule has 0 aromatic heterocycles. The van der Waals surface area contributed by atoms with Gasteiger partial charge in [0, 0.05) is 0 Å². The summed E-state index contributed by atoms with van der Waals surface area (Å²) in [5, 5.41) is 0. The number of alkyl halides is 6. The van der Waals surface area contributed by atoms with E-state index in [0.717, 1.165) is 0 Å². The van der Waals surface area contributed by atoms with E-state index in [1.54, 1.807) is 0 Å². The highest BCUT2D eigenvalue weighted by Crippen LogP contribution is 2.33. The molecule has 0 amide bonds. The van der Waals surface area contributed by atoms with E-state index < -0.39 is 31.1 Å². The van der Waals surface area contributed by atoms with Crippen LogP contribution < -0.4 is 0 Å². The van der Waals surface area contributed by atoms with Gasteiger partial charge < -0.3 is 0 Å². The first-order valence-corrected chi connectivity index (χ1v) is 3.78. The van der Waals surface area contributed by atoms with Crippen LogP contribution in [0.5, 0.6) is 0 Å². The molecule has 0 aromatic carbocycles. The van der Waals surface area contributed by atoms with Crippen molar-refractivity contribution in [2.75, 3.05) is 0 Å². The molecule has 0 aliphatic carbocycles. The van der Waals surface area contributed by atoms with Crippen LogP contribution in [0.4, 0.5) is 26.3 Å². The summed E-state index contributed by atoms with van der Waals surface area (Å²) in [7, 11) is 0. The van der Waals surface area contributed by atoms with Gasteiger partial charge in [-0.25, -0.2) is 17.6 Å². The summed E-state index contributed by atoms with van der Waals surface area (Å²) in [6, 6.07) is 0. The largest absolute Gasteiger partial charge is 0.314 e. The van der Waals surface area contributed by atoms with E-state index in [9.17, 15) is 26.3 Å². The maximum atomic E-state index is 12.5. The number of rotatable bonds is 5. The van der Waals surface area contributed by atoms with E-state index in [1.165, 1.54) is 6.92 Å². The summed E-state index contributed by atoms with van der Waals surface area (Å²) < 4.78 is 72.4. The lowest BCUT2D eigenvalue weighted by Crippen LogP contribution is -2.43. The molecular weight excluding hydrogens is 198 g/mol. The molecule has 0 aliphatic heterocycles. The molecule has 0 saturated carbocycles. The quantitative estimate of drug-likeness (QED) is 0.607. The van der Waals surface area contributed by atoms with Gasteiger partial charge in [0.25, 0.3) is 6.43 Å². The van der Waals surface area contributed by atoms with Crippen LogP contribution in [-0.2, 0) is 0 Å². The first-order chi connectivity index (χ1) is 5.84. The van der Waals surface area contributed by atoms with Crippen LogP contribution in [0.25, 0.3) is 0 Å². The van der Waals surface area contributed by atoms with Gasteiger partial charge in [-0.05, 0) is 6.42 Å². The molecule has 0 aromatic rings. The lowest BCUT2D eigenvalue weighted by Gasteiger charge is -2.23. The Bertz CT molecular complexity index is 146. The molecule has 0 N–H and O–H groups in total. The monoisotopic (exact) mass is 208 g/mol. The Morgan fingerprint density at radius 2 is 1.54 bits per heavy atom. The molecule has 0 nitrogen and oxygen atoms in total. The average Bonchev–Trinajstić information content (AvgIpc) is 2.03. The van der Waals surface area contributed by atoms with Crippen molar-refractivity contribution in [1.29, 1.82) is 0 Å². The Kier molecular flexibility index (Phi) is 4.56. The van der Waals surface area contributed by atoms with Crippen LogP contribution in [0.1, 0.15) is 19.8 Å². The van der Waals surface area contributed by atoms with Gasteiger partial charge in [-0.15, -0.1) is 0 Å². The lowest BCUT2D eigenvalue weighted by atomic mass is 10.1. The molecule has 0 bridgehead atoms. The van der Waals surface area contributed by atoms with Crippen molar-refractivity contribution < 1.29 is 26.3 Å². The van der Waals surface area contributed by atoms with Crippen molar-refractivity contribution in [3.63, 3.8) is 0 Å².